The van der Waals surface area contributed by atoms with Crippen molar-refractivity contribution in [1.29, 1.82) is 0 Å². The smallest absolute Gasteiger partial charge is 0.319 e. The lowest BCUT2D eigenvalue weighted by Gasteiger charge is -2.27. The normalized spacial score (nSPS) is 18.7. The molecule has 0 atom stereocenters. The molecule has 5 nitrogen and oxygen atoms in total. The van der Waals surface area contributed by atoms with Crippen molar-refractivity contribution in [3.05, 3.63) is 10.7 Å². The van der Waals surface area contributed by atoms with E-state index in [9.17, 15) is 0 Å². The number of hydrogen-bond acceptors (Lipinski definition) is 5. The van der Waals surface area contributed by atoms with Crippen LogP contribution >= 0.6 is 15.9 Å². The molecule has 1 aromatic heterocycles. The molecule has 0 aliphatic heterocycles. The minimum atomic E-state index is -0.250. The summed E-state index contributed by atoms with van der Waals surface area (Å²) in [4.78, 5) is 8.28. The van der Waals surface area contributed by atoms with Crippen molar-refractivity contribution in [1.82, 2.24) is 9.97 Å². The topological polar surface area (TPSA) is 70.3 Å². The number of rotatable bonds is 4. The van der Waals surface area contributed by atoms with Crippen LogP contribution in [0.25, 0.3) is 0 Å². The Labute approximate surface area is 122 Å². The van der Waals surface area contributed by atoms with E-state index >= 15 is 0 Å². The monoisotopic (exact) mass is 329 g/mol. The van der Waals surface area contributed by atoms with Crippen molar-refractivity contribution in [2.45, 2.75) is 44.1 Å². The minimum Gasteiger partial charge on any atom is -0.480 e. The Bertz CT molecular complexity index is 420. The molecule has 19 heavy (non-hydrogen) atoms. The van der Waals surface area contributed by atoms with Crippen molar-refractivity contribution >= 4 is 15.9 Å². The number of ether oxygens (including phenoxy) is 2. The summed E-state index contributed by atoms with van der Waals surface area (Å²) in [6, 6.07) is 0.314. The van der Waals surface area contributed by atoms with Crippen molar-refractivity contribution < 1.29 is 9.47 Å². The molecule has 1 aromatic rings. The summed E-state index contributed by atoms with van der Waals surface area (Å²) in [5.74, 6) is 0.469. The van der Waals surface area contributed by atoms with E-state index in [-0.39, 0.29) is 5.54 Å². The third-order valence-corrected chi connectivity index (χ3v) is 4.02. The predicted octanol–water partition coefficient (Wildman–Crippen LogP) is 2.68. The van der Waals surface area contributed by atoms with Gasteiger partial charge in [0.05, 0.1) is 23.3 Å². The summed E-state index contributed by atoms with van der Waals surface area (Å²) in [6.45, 7) is 0.456. The SMILES string of the molecule is COc1nc(OCC2(N)CCCCCC2)ncc1Br. The Hall–Kier alpha value is -0.880. The van der Waals surface area contributed by atoms with Crippen LogP contribution in [0, 0.1) is 0 Å². The number of halogens is 1. The van der Waals surface area contributed by atoms with Gasteiger partial charge in [-0.2, -0.15) is 4.98 Å². The van der Waals surface area contributed by atoms with E-state index in [1.165, 1.54) is 25.7 Å². The molecule has 1 saturated carbocycles. The summed E-state index contributed by atoms with van der Waals surface area (Å²) >= 11 is 3.31. The maximum atomic E-state index is 6.39. The highest BCUT2D eigenvalue weighted by Crippen LogP contribution is 2.26. The maximum absolute atomic E-state index is 6.39. The quantitative estimate of drug-likeness (QED) is 0.860. The van der Waals surface area contributed by atoms with E-state index in [1.807, 2.05) is 0 Å². The summed E-state index contributed by atoms with van der Waals surface area (Å²) in [5, 5.41) is 0. The van der Waals surface area contributed by atoms with Crippen LogP contribution in [0.4, 0.5) is 0 Å². The molecule has 106 valence electrons. The van der Waals surface area contributed by atoms with E-state index in [1.54, 1.807) is 13.3 Å². The molecule has 1 fully saturated rings. The van der Waals surface area contributed by atoms with E-state index in [2.05, 4.69) is 25.9 Å². The second-order valence-corrected chi connectivity index (χ2v) is 5.93. The first-order chi connectivity index (χ1) is 9.13. The highest BCUT2D eigenvalue weighted by atomic mass is 79.9. The summed E-state index contributed by atoms with van der Waals surface area (Å²) < 4.78 is 11.5. The van der Waals surface area contributed by atoms with E-state index < -0.39 is 0 Å². The Balaban J connectivity index is 1.97. The van der Waals surface area contributed by atoms with Crippen LogP contribution in [0.5, 0.6) is 11.9 Å². The lowest BCUT2D eigenvalue weighted by molar-refractivity contribution is 0.185. The highest BCUT2D eigenvalue weighted by molar-refractivity contribution is 9.10. The standard InChI is InChI=1S/C13H20BrN3O2/c1-18-11-10(14)8-16-12(17-11)19-9-13(15)6-4-2-3-5-7-13/h8H,2-7,9,15H2,1H3. The molecule has 1 heterocycles. The fraction of sp³-hybridized carbons (Fsp3) is 0.692. The lowest BCUT2D eigenvalue weighted by atomic mass is 9.93. The maximum Gasteiger partial charge on any atom is 0.319 e. The number of methoxy groups -OCH3 is 1. The van der Waals surface area contributed by atoms with Gasteiger partial charge in [0.1, 0.15) is 6.61 Å². The molecule has 0 amide bonds. The molecule has 1 aliphatic rings. The Kier molecular flexibility index (Phi) is 4.99. The Morgan fingerprint density at radius 2 is 2.00 bits per heavy atom. The van der Waals surface area contributed by atoms with Gasteiger partial charge in [0.2, 0.25) is 5.88 Å². The van der Waals surface area contributed by atoms with Gasteiger partial charge < -0.3 is 15.2 Å². The van der Waals surface area contributed by atoms with Gasteiger partial charge in [0.15, 0.2) is 0 Å². The van der Waals surface area contributed by atoms with Gasteiger partial charge in [0.25, 0.3) is 0 Å². The first-order valence-electron chi connectivity index (χ1n) is 6.61. The average Bonchev–Trinajstić information content (AvgIpc) is 2.63. The number of hydrogen-bond donors (Lipinski definition) is 1. The minimum absolute atomic E-state index is 0.250. The Morgan fingerprint density at radius 3 is 2.63 bits per heavy atom. The zero-order valence-electron chi connectivity index (χ0n) is 11.2. The molecular weight excluding hydrogens is 310 g/mol. The zero-order valence-corrected chi connectivity index (χ0v) is 12.8. The molecule has 0 radical (unpaired) electrons. The number of aromatic nitrogens is 2. The van der Waals surface area contributed by atoms with Gasteiger partial charge in [-0.3, -0.25) is 0 Å². The first-order valence-corrected chi connectivity index (χ1v) is 7.40. The fourth-order valence-corrected chi connectivity index (χ4v) is 2.69. The summed E-state index contributed by atoms with van der Waals surface area (Å²) in [5.41, 5.74) is 6.14. The molecule has 2 N–H and O–H groups in total. The van der Waals surface area contributed by atoms with Crippen LogP contribution in [0.2, 0.25) is 0 Å². The molecule has 0 aromatic carbocycles. The second kappa shape index (κ2) is 6.52. The molecular formula is C13H20BrN3O2. The third kappa shape index (κ3) is 4.04. The van der Waals surface area contributed by atoms with E-state index in [0.29, 0.717) is 23.0 Å². The van der Waals surface area contributed by atoms with Crippen molar-refractivity contribution in [3.8, 4) is 11.9 Å². The largest absolute Gasteiger partial charge is 0.480 e. The molecule has 0 saturated heterocycles. The summed E-state index contributed by atoms with van der Waals surface area (Å²) in [6.07, 6.45) is 8.50. The first kappa shape index (κ1) is 14.5. The van der Waals surface area contributed by atoms with Crippen molar-refractivity contribution in [2.24, 2.45) is 5.73 Å². The molecule has 0 unspecified atom stereocenters. The van der Waals surface area contributed by atoms with Crippen LogP contribution in [-0.4, -0.2) is 29.2 Å². The van der Waals surface area contributed by atoms with Crippen LogP contribution in [0.15, 0.2) is 10.7 Å². The van der Waals surface area contributed by atoms with Crippen LogP contribution in [-0.2, 0) is 0 Å². The third-order valence-electron chi connectivity index (χ3n) is 3.47. The van der Waals surface area contributed by atoms with Crippen molar-refractivity contribution in [2.75, 3.05) is 13.7 Å². The number of nitrogens with zero attached hydrogens (tertiary/aromatic N) is 2. The van der Waals surface area contributed by atoms with Gasteiger partial charge in [-0.15, -0.1) is 0 Å². The van der Waals surface area contributed by atoms with Gasteiger partial charge in [-0.05, 0) is 28.8 Å². The Morgan fingerprint density at radius 1 is 1.32 bits per heavy atom. The molecule has 1 aliphatic carbocycles. The molecule has 2 rings (SSSR count). The zero-order chi connectivity index (χ0) is 13.7. The highest BCUT2D eigenvalue weighted by Gasteiger charge is 2.27. The molecule has 0 bridgehead atoms. The summed E-state index contributed by atoms with van der Waals surface area (Å²) in [7, 11) is 1.56. The van der Waals surface area contributed by atoms with Gasteiger partial charge in [-0.1, -0.05) is 25.7 Å². The van der Waals surface area contributed by atoms with Crippen LogP contribution in [0.1, 0.15) is 38.5 Å². The second-order valence-electron chi connectivity index (χ2n) is 5.08. The molecule has 0 spiro atoms. The average molecular weight is 330 g/mol. The van der Waals surface area contributed by atoms with Gasteiger partial charge in [0, 0.05) is 0 Å². The molecule has 6 heteroatoms. The van der Waals surface area contributed by atoms with E-state index in [0.717, 1.165) is 12.8 Å². The predicted molar refractivity (Wildman–Crippen MR) is 76.4 cm³/mol. The van der Waals surface area contributed by atoms with Crippen LogP contribution < -0.4 is 15.2 Å². The van der Waals surface area contributed by atoms with Crippen LogP contribution in [0.3, 0.4) is 0 Å². The fourth-order valence-electron chi connectivity index (χ4n) is 2.33. The number of nitrogens with two attached hydrogens (primary N) is 1. The van der Waals surface area contributed by atoms with E-state index in [4.69, 9.17) is 15.2 Å². The van der Waals surface area contributed by atoms with Gasteiger partial charge >= 0.3 is 6.01 Å². The van der Waals surface area contributed by atoms with Crippen molar-refractivity contribution in [3.63, 3.8) is 0 Å². The lowest BCUT2D eigenvalue weighted by Crippen LogP contribution is -2.45. The van der Waals surface area contributed by atoms with Gasteiger partial charge in [-0.25, -0.2) is 4.98 Å².